The predicted octanol–water partition coefficient (Wildman–Crippen LogP) is 4.72. The van der Waals surface area contributed by atoms with Crippen LogP contribution in [0.5, 0.6) is 0 Å². The normalized spacial score (nSPS) is 21.5. The van der Waals surface area contributed by atoms with Gasteiger partial charge in [-0.25, -0.2) is 13.1 Å². The second-order valence-electron chi connectivity index (χ2n) is 5.94. The minimum Gasteiger partial charge on any atom is -0.207 e. The minimum atomic E-state index is -3.52. The van der Waals surface area contributed by atoms with Crippen molar-refractivity contribution in [3.8, 4) is 0 Å². The zero-order chi connectivity index (χ0) is 17.0. The Hall–Kier alpha value is -1.01. The summed E-state index contributed by atoms with van der Waals surface area (Å²) in [5.74, 6) is 0. The van der Waals surface area contributed by atoms with Gasteiger partial charge in [0.15, 0.2) is 0 Å². The van der Waals surface area contributed by atoms with Crippen LogP contribution in [-0.4, -0.2) is 19.7 Å². The molecule has 3 nitrogen and oxygen atoms in total. The van der Waals surface area contributed by atoms with Gasteiger partial charge in [-0.05, 0) is 49.2 Å². The van der Waals surface area contributed by atoms with Gasteiger partial charge in [0.25, 0.3) is 0 Å². The molecule has 0 heterocycles. The molecule has 1 aliphatic carbocycles. The second kappa shape index (κ2) is 7.91. The predicted molar refractivity (Wildman–Crippen MR) is 100 cm³/mol. The molecule has 2 aromatic rings. The van der Waals surface area contributed by atoms with Crippen molar-refractivity contribution < 1.29 is 8.42 Å². The maximum atomic E-state index is 12.6. The van der Waals surface area contributed by atoms with Gasteiger partial charge in [-0.3, -0.25) is 0 Å². The lowest BCUT2D eigenvalue weighted by atomic mass is 9.96. The van der Waals surface area contributed by atoms with Crippen LogP contribution in [0.15, 0.2) is 64.4 Å². The molecule has 0 spiro atoms. The molecule has 3 rings (SSSR count). The molecule has 24 heavy (non-hydrogen) atoms. The zero-order valence-corrected chi connectivity index (χ0v) is 15.6. The molecule has 2 aromatic carbocycles. The maximum Gasteiger partial charge on any atom is 0.240 e. The van der Waals surface area contributed by atoms with E-state index in [-0.39, 0.29) is 16.2 Å². The number of benzene rings is 2. The Morgan fingerprint density at radius 3 is 2.33 bits per heavy atom. The summed E-state index contributed by atoms with van der Waals surface area (Å²) in [5.41, 5.74) is 0. The maximum absolute atomic E-state index is 12.6. The van der Waals surface area contributed by atoms with E-state index in [1.807, 2.05) is 18.2 Å². The van der Waals surface area contributed by atoms with Crippen LogP contribution in [0.25, 0.3) is 0 Å². The number of sulfonamides is 1. The van der Waals surface area contributed by atoms with E-state index in [1.165, 1.54) is 4.90 Å². The fraction of sp³-hybridized carbons (Fsp3) is 0.333. The van der Waals surface area contributed by atoms with Gasteiger partial charge < -0.3 is 0 Å². The number of hydrogen-bond donors (Lipinski definition) is 1. The highest BCUT2D eigenvalue weighted by Gasteiger charge is 2.30. The largest absolute Gasteiger partial charge is 0.240 e. The Bertz CT molecular complexity index is 763. The first-order valence-electron chi connectivity index (χ1n) is 8.04. The van der Waals surface area contributed by atoms with Crippen LogP contribution in [0, 0.1) is 0 Å². The van der Waals surface area contributed by atoms with Crippen LogP contribution in [0.2, 0.25) is 5.02 Å². The monoisotopic (exact) mass is 381 g/mol. The molecule has 2 atom stereocenters. The Morgan fingerprint density at radius 2 is 1.62 bits per heavy atom. The van der Waals surface area contributed by atoms with Gasteiger partial charge in [0.1, 0.15) is 0 Å². The first-order chi connectivity index (χ1) is 11.5. The van der Waals surface area contributed by atoms with Crippen molar-refractivity contribution >= 4 is 33.4 Å². The molecule has 0 aliphatic heterocycles. The summed E-state index contributed by atoms with van der Waals surface area (Å²) in [4.78, 5) is 1.45. The fourth-order valence-electron chi connectivity index (χ4n) is 2.93. The molecule has 1 aliphatic rings. The van der Waals surface area contributed by atoms with Gasteiger partial charge in [0.05, 0.1) is 4.90 Å². The quantitative estimate of drug-likeness (QED) is 0.814. The zero-order valence-electron chi connectivity index (χ0n) is 13.2. The van der Waals surface area contributed by atoms with Gasteiger partial charge >= 0.3 is 0 Å². The van der Waals surface area contributed by atoms with Crippen LogP contribution in [0.1, 0.15) is 25.7 Å². The van der Waals surface area contributed by atoms with Gasteiger partial charge in [0.2, 0.25) is 10.0 Å². The van der Waals surface area contributed by atoms with Gasteiger partial charge in [-0.1, -0.05) is 42.6 Å². The van der Waals surface area contributed by atoms with E-state index in [1.54, 1.807) is 36.0 Å². The highest BCUT2D eigenvalue weighted by atomic mass is 35.5. The summed E-state index contributed by atoms with van der Waals surface area (Å²) in [5, 5.41) is 0.785. The topological polar surface area (TPSA) is 46.2 Å². The van der Waals surface area contributed by atoms with E-state index in [0.29, 0.717) is 5.02 Å². The molecule has 0 unspecified atom stereocenters. The first kappa shape index (κ1) is 17.8. The lowest BCUT2D eigenvalue weighted by Gasteiger charge is -2.31. The molecular weight excluding hydrogens is 362 g/mol. The van der Waals surface area contributed by atoms with Crippen molar-refractivity contribution in [2.45, 2.75) is 46.8 Å². The number of hydrogen-bond acceptors (Lipinski definition) is 3. The molecule has 0 amide bonds. The third-order valence-corrected chi connectivity index (χ3v) is 7.33. The van der Waals surface area contributed by atoms with Crippen molar-refractivity contribution in [3.63, 3.8) is 0 Å². The summed E-state index contributed by atoms with van der Waals surface area (Å²) in [6.45, 7) is 0. The molecule has 6 heteroatoms. The Kier molecular flexibility index (Phi) is 5.87. The molecule has 1 saturated carbocycles. The summed E-state index contributed by atoms with van der Waals surface area (Å²) in [6, 6.07) is 16.4. The molecule has 0 saturated heterocycles. The van der Waals surface area contributed by atoms with Crippen molar-refractivity contribution in [3.05, 3.63) is 59.6 Å². The van der Waals surface area contributed by atoms with E-state index in [9.17, 15) is 8.42 Å². The molecule has 0 bridgehead atoms. The Morgan fingerprint density at radius 1 is 0.958 bits per heavy atom. The fourth-order valence-corrected chi connectivity index (χ4v) is 5.77. The standard InChI is InChI=1S/C18H20ClNO2S2/c19-14-10-12-16(13-11-14)24(21,22)20-17-8-4-5-9-18(17)23-15-6-2-1-3-7-15/h1-3,6-7,10-13,17-18,20H,4-5,8-9H2/t17-,18-/m1/s1. The van der Waals surface area contributed by atoms with Crippen molar-refractivity contribution in [2.75, 3.05) is 0 Å². The van der Waals surface area contributed by atoms with E-state index < -0.39 is 10.0 Å². The van der Waals surface area contributed by atoms with E-state index in [0.717, 1.165) is 25.7 Å². The lowest BCUT2D eigenvalue weighted by Crippen LogP contribution is -2.43. The number of thioether (sulfide) groups is 1. The Balaban J connectivity index is 1.74. The van der Waals surface area contributed by atoms with Crippen LogP contribution in [-0.2, 0) is 10.0 Å². The average Bonchev–Trinajstić information content (AvgIpc) is 2.58. The lowest BCUT2D eigenvalue weighted by molar-refractivity contribution is 0.423. The minimum absolute atomic E-state index is 0.0513. The molecule has 0 radical (unpaired) electrons. The van der Waals surface area contributed by atoms with Crippen molar-refractivity contribution in [1.82, 2.24) is 4.72 Å². The van der Waals surface area contributed by atoms with Gasteiger partial charge in [0, 0.05) is 21.2 Å². The first-order valence-corrected chi connectivity index (χ1v) is 10.8. The number of rotatable bonds is 5. The average molecular weight is 382 g/mol. The smallest absolute Gasteiger partial charge is 0.207 e. The van der Waals surface area contributed by atoms with Crippen molar-refractivity contribution in [1.29, 1.82) is 0 Å². The highest BCUT2D eigenvalue weighted by molar-refractivity contribution is 8.00. The molecule has 1 fully saturated rings. The van der Waals surface area contributed by atoms with Crippen LogP contribution in [0.4, 0.5) is 0 Å². The van der Waals surface area contributed by atoms with E-state index >= 15 is 0 Å². The molecule has 1 N–H and O–H groups in total. The highest BCUT2D eigenvalue weighted by Crippen LogP contribution is 2.34. The van der Waals surface area contributed by atoms with Crippen LogP contribution >= 0.6 is 23.4 Å². The van der Waals surface area contributed by atoms with Crippen LogP contribution in [0.3, 0.4) is 0 Å². The summed E-state index contributed by atoms with van der Waals surface area (Å²) < 4.78 is 28.2. The number of nitrogens with one attached hydrogen (secondary N) is 1. The SMILES string of the molecule is O=S(=O)(N[C@@H]1CCCC[C@H]1Sc1ccccc1)c1ccc(Cl)cc1. The van der Waals surface area contributed by atoms with Gasteiger partial charge in [-0.2, -0.15) is 0 Å². The van der Waals surface area contributed by atoms with Crippen LogP contribution < -0.4 is 4.72 Å². The molecule has 128 valence electrons. The van der Waals surface area contributed by atoms with E-state index in [2.05, 4.69) is 16.9 Å². The summed E-state index contributed by atoms with van der Waals surface area (Å²) in [7, 11) is -3.52. The van der Waals surface area contributed by atoms with Gasteiger partial charge in [-0.15, -0.1) is 11.8 Å². The summed E-state index contributed by atoms with van der Waals surface area (Å²) >= 11 is 7.61. The molecule has 0 aromatic heterocycles. The third-order valence-electron chi connectivity index (χ3n) is 4.16. The Labute approximate surface area is 152 Å². The molecular formula is C18H20ClNO2S2. The summed E-state index contributed by atoms with van der Waals surface area (Å²) in [6.07, 6.45) is 4.09. The third kappa shape index (κ3) is 4.54. The van der Waals surface area contributed by atoms with E-state index in [4.69, 9.17) is 11.6 Å². The van der Waals surface area contributed by atoms with Crippen molar-refractivity contribution in [2.24, 2.45) is 0 Å². The number of halogens is 1. The second-order valence-corrected chi connectivity index (χ2v) is 9.40.